The summed E-state index contributed by atoms with van der Waals surface area (Å²) < 4.78 is 11.0. The molecule has 0 bridgehead atoms. The maximum absolute atomic E-state index is 12.3. The molecule has 1 aliphatic rings. The van der Waals surface area contributed by atoms with Gasteiger partial charge in [0.25, 0.3) is 5.91 Å². The number of benzene rings is 2. The number of nitrogens with two attached hydrogens (primary N) is 2. The Kier molecular flexibility index (Phi) is 7.48. The topological polar surface area (TPSA) is 120 Å². The normalized spacial score (nSPS) is 14.0. The number of guanidine groups is 1. The van der Waals surface area contributed by atoms with Gasteiger partial charge in [-0.1, -0.05) is 24.3 Å². The van der Waals surface area contributed by atoms with Crippen molar-refractivity contribution in [3.63, 3.8) is 0 Å². The molecule has 0 radical (unpaired) electrons. The Morgan fingerprint density at radius 2 is 1.68 bits per heavy atom. The zero-order valence-electron chi connectivity index (χ0n) is 17.6. The van der Waals surface area contributed by atoms with Crippen LogP contribution in [0.1, 0.15) is 36.8 Å². The van der Waals surface area contributed by atoms with E-state index in [2.05, 4.69) is 4.99 Å². The second kappa shape index (κ2) is 10.5. The highest BCUT2D eigenvalue weighted by molar-refractivity contribution is 5.83. The van der Waals surface area contributed by atoms with Crippen LogP contribution in [0.25, 0.3) is 0 Å². The number of hydrogen-bond acceptors (Lipinski definition) is 5. The van der Waals surface area contributed by atoms with Gasteiger partial charge in [0.1, 0.15) is 12.4 Å². The van der Waals surface area contributed by atoms with Crippen molar-refractivity contribution >= 4 is 23.5 Å². The van der Waals surface area contributed by atoms with Crippen molar-refractivity contribution < 1.29 is 19.1 Å². The molecule has 8 heteroatoms. The van der Waals surface area contributed by atoms with E-state index in [1.807, 2.05) is 48.5 Å². The first-order valence-corrected chi connectivity index (χ1v) is 10.3. The molecule has 1 fully saturated rings. The van der Waals surface area contributed by atoms with Crippen LogP contribution in [0.2, 0.25) is 0 Å². The van der Waals surface area contributed by atoms with Gasteiger partial charge in [0.2, 0.25) is 0 Å². The van der Waals surface area contributed by atoms with E-state index in [0.29, 0.717) is 18.0 Å². The molecule has 8 nitrogen and oxygen atoms in total. The smallest absolute Gasteiger partial charge is 0.313 e. The number of rotatable bonds is 8. The molecule has 0 aromatic heterocycles. The number of hydrogen-bond donors (Lipinski definition) is 2. The average molecular weight is 425 g/mol. The van der Waals surface area contributed by atoms with Crippen molar-refractivity contribution in [2.24, 2.45) is 16.5 Å². The van der Waals surface area contributed by atoms with Crippen molar-refractivity contribution in [1.82, 2.24) is 4.90 Å². The molecule has 1 unspecified atom stereocenters. The number of nitrogens with zero attached hydrogens (tertiary/aromatic N) is 2. The molecule has 1 saturated heterocycles. The van der Waals surface area contributed by atoms with Gasteiger partial charge in [0.15, 0.2) is 12.6 Å². The van der Waals surface area contributed by atoms with Gasteiger partial charge in [-0.15, -0.1) is 0 Å². The fourth-order valence-electron chi connectivity index (χ4n) is 3.29. The van der Waals surface area contributed by atoms with E-state index < -0.39 is 11.9 Å². The van der Waals surface area contributed by atoms with Crippen LogP contribution in [0, 0.1) is 0 Å². The second-order valence-electron chi connectivity index (χ2n) is 7.48. The summed E-state index contributed by atoms with van der Waals surface area (Å²) in [4.78, 5) is 30.0. The largest absolute Gasteiger partial charge is 0.489 e. The Bertz CT molecular complexity index is 916. The quantitative estimate of drug-likeness (QED) is 0.381. The lowest BCUT2D eigenvalue weighted by atomic mass is 10.0. The SMILES string of the molecule is CC(C(=O)OCC(=O)N1CCCC1)c1ccc(OCc2ccc(N=C(N)N)cc2)cc1. The van der Waals surface area contributed by atoms with Crippen LogP contribution in [0.15, 0.2) is 53.5 Å². The van der Waals surface area contributed by atoms with E-state index in [9.17, 15) is 9.59 Å². The van der Waals surface area contributed by atoms with E-state index in [1.54, 1.807) is 11.8 Å². The van der Waals surface area contributed by atoms with Gasteiger partial charge in [-0.25, -0.2) is 4.99 Å². The van der Waals surface area contributed by atoms with Gasteiger partial charge >= 0.3 is 5.97 Å². The first kappa shape index (κ1) is 22.1. The predicted molar refractivity (Wildman–Crippen MR) is 118 cm³/mol. The average Bonchev–Trinajstić information content (AvgIpc) is 3.31. The maximum Gasteiger partial charge on any atom is 0.313 e. The lowest BCUT2D eigenvalue weighted by molar-refractivity contribution is -0.152. The number of carbonyl (C=O) groups is 2. The Labute approximate surface area is 181 Å². The van der Waals surface area contributed by atoms with Gasteiger partial charge < -0.3 is 25.8 Å². The molecule has 1 atom stereocenters. The zero-order chi connectivity index (χ0) is 22.2. The number of likely N-dealkylation sites (tertiary alicyclic amines) is 1. The van der Waals surface area contributed by atoms with Crippen LogP contribution in [0.4, 0.5) is 5.69 Å². The van der Waals surface area contributed by atoms with Crippen LogP contribution in [-0.2, 0) is 20.9 Å². The Balaban J connectivity index is 1.47. The fraction of sp³-hybridized carbons (Fsp3) is 0.348. The highest BCUT2D eigenvalue weighted by atomic mass is 16.5. The number of esters is 1. The molecule has 0 saturated carbocycles. The van der Waals surface area contributed by atoms with Crippen LogP contribution < -0.4 is 16.2 Å². The van der Waals surface area contributed by atoms with E-state index in [4.69, 9.17) is 20.9 Å². The van der Waals surface area contributed by atoms with Gasteiger partial charge in [-0.3, -0.25) is 9.59 Å². The number of aliphatic imine (C=N–C) groups is 1. The summed E-state index contributed by atoms with van der Waals surface area (Å²) in [7, 11) is 0. The Morgan fingerprint density at radius 3 is 2.29 bits per heavy atom. The summed E-state index contributed by atoms with van der Waals surface area (Å²) in [5, 5.41) is 0. The summed E-state index contributed by atoms with van der Waals surface area (Å²) >= 11 is 0. The summed E-state index contributed by atoms with van der Waals surface area (Å²) in [6.07, 6.45) is 2.02. The standard InChI is InChI=1S/C23H28N4O4/c1-16(22(29)31-15-21(28)27-12-2-3-13-27)18-6-10-20(11-7-18)30-14-17-4-8-19(9-5-17)26-23(24)25/h4-11,16H,2-3,12-15H2,1H3,(H4,24,25,26). The third kappa shape index (κ3) is 6.47. The highest BCUT2D eigenvalue weighted by Crippen LogP contribution is 2.22. The fourth-order valence-corrected chi connectivity index (χ4v) is 3.29. The number of amides is 1. The molecule has 4 N–H and O–H groups in total. The molecular weight excluding hydrogens is 396 g/mol. The molecule has 1 aliphatic heterocycles. The van der Waals surface area contributed by atoms with Crippen LogP contribution in [0.5, 0.6) is 5.75 Å². The summed E-state index contributed by atoms with van der Waals surface area (Å²) in [5.41, 5.74) is 13.2. The van der Waals surface area contributed by atoms with Crippen LogP contribution >= 0.6 is 0 Å². The first-order chi connectivity index (χ1) is 14.9. The minimum atomic E-state index is -0.469. The molecule has 0 aliphatic carbocycles. The predicted octanol–water partition coefficient (Wildman–Crippen LogP) is 2.44. The van der Waals surface area contributed by atoms with Crippen molar-refractivity contribution in [2.75, 3.05) is 19.7 Å². The molecule has 2 aromatic rings. The van der Waals surface area contributed by atoms with Gasteiger partial charge in [0, 0.05) is 13.1 Å². The Morgan fingerprint density at radius 1 is 1.03 bits per heavy atom. The molecule has 0 spiro atoms. The molecule has 31 heavy (non-hydrogen) atoms. The highest BCUT2D eigenvalue weighted by Gasteiger charge is 2.22. The Hall–Kier alpha value is -3.55. The number of carbonyl (C=O) groups excluding carboxylic acids is 2. The molecule has 3 rings (SSSR count). The van der Waals surface area contributed by atoms with Crippen LogP contribution in [-0.4, -0.2) is 42.4 Å². The number of ether oxygens (including phenoxy) is 2. The summed E-state index contributed by atoms with van der Waals surface area (Å²) in [6.45, 7) is 3.43. The summed E-state index contributed by atoms with van der Waals surface area (Å²) in [6, 6.07) is 14.7. The van der Waals surface area contributed by atoms with Crippen LogP contribution in [0.3, 0.4) is 0 Å². The third-order valence-electron chi connectivity index (χ3n) is 5.13. The monoisotopic (exact) mass is 424 g/mol. The maximum atomic E-state index is 12.3. The summed E-state index contributed by atoms with van der Waals surface area (Å²) in [5.74, 6) is -0.319. The minimum Gasteiger partial charge on any atom is -0.489 e. The van der Waals surface area contributed by atoms with E-state index >= 15 is 0 Å². The van der Waals surface area contributed by atoms with E-state index in [0.717, 1.165) is 37.1 Å². The molecule has 164 valence electrons. The molecule has 1 heterocycles. The van der Waals surface area contributed by atoms with Crippen molar-refractivity contribution in [2.45, 2.75) is 32.3 Å². The molecule has 1 amide bonds. The van der Waals surface area contributed by atoms with Crippen molar-refractivity contribution in [1.29, 1.82) is 0 Å². The first-order valence-electron chi connectivity index (χ1n) is 10.3. The van der Waals surface area contributed by atoms with Gasteiger partial charge in [-0.2, -0.15) is 0 Å². The lowest BCUT2D eigenvalue weighted by Crippen LogP contribution is -2.32. The van der Waals surface area contributed by atoms with Crippen molar-refractivity contribution in [3.05, 3.63) is 59.7 Å². The second-order valence-corrected chi connectivity index (χ2v) is 7.48. The molecular formula is C23H28N4O4. The minimum absolute atomic E-state index is 0.0143. The molecule has 2 aromatic carbocycles. The van der Waals surface area contributed by atoms with Gasteiger partial charge in [0.05, 0.1) is 11.6 Å². The van der Waals surface area contributed by atoms with E-state index in [-0.39, 0.29) is 18.5 Å². The zero-order valence-corrected chi connectivity index (χ0v) is 17.6. The third-order valence-corrected chi connectivity index (χ3v) is 5.13. The van der Waals surface area contributed by atoms with Gasteiger partial charge in [-0.05, 0) is 55.2 Å². The van der Waals surface area contributed by atoms with E-state index in [1.165, 1.54) is 0 Å². The lowest BCUT2D eigenvalue weighted by Gasteiger charge is -2.17. The van der Waals surface area contributed by atoms with Crippen molar-refractivity contribution in [3.8, 4) is 5.75 Å².